The van der Waals surface area contributed by atoms with Gasteiger partial charge in [0.15, 0.2) is 18.3 Å². The summed E-state index contributed by atoms with van der Waals surface area (Å²) in [5.74, 6) is -0.486. The van der Waals surface area contributed by atoms with Crippen molar-refractivity contribution in [2.45, 2.75) is 13.8 Å². The molecule has 1 amide bonds. The molecule has 1 N–H and O–H groups in total. The van der Waals surface area contributed by atoms with Gasteiger partial charge in [-0.1, -0.05) is 35.6 Å². The zero-order chi connectivity index (χ0) is 18.5. The van der Waals surface area contributed by atoms with Gasteiger partial charge >= 0.3 is 5.97 Å². The summed E-state index contributed by atoms with van der Waals surface area (Å²) in [6.45, 7) is 3.36. The molecule has 0 spiro atoms. The molecule has 0 fully saturated rings. The van der Waals surface area contributed by atoms with Crippen molar-refractivity contribution < 1.29 is 19.1 Å². The van der Waals surface area contributed by atoms with E-state index in [4.69, 9.17) is 9.47 Å². The number of carbonyl (C=O) groups excluding carboxylic acids is 2. The van der Waals surface area contributed by atoms with Gasteiger partial charge in [-0.25, -0.2) is 9.78 Å². The molecular formula is C19H18N2O4S. The number of benzene rings is 2. The lowest BCUT2D eigenvalue weighted by atomic mass is 10.1. The number of fused-ring (bicyclic) bond motifs is 1. The molecule has 1 heterocycles. The minimum absolute atomic E-state index is 0.253. The van der Waals surface area contributed by atoms with Crippen molar-refractivity contribution in [2.24, 2.45) is 0 Å². The number of anilines is 1. The number of rotatable bonds is 6. The first kappa shape index (κ1) is 17.9. The lowest BCUT2D eigenvalue weighted by Gasteiger charge is -2.06. The first-order valence-electron chi connectivity index (χ1n) is 8.02. The van der Waals surface area contributed by atoms with Gasteiger partial charge in [-0.3, -0.25) is 10.1 Å². The zero-order valence-corrected chi connectivity index (χ0v) is 15.3. The third kappa shape index (κ3) is 4.58. The first-order valence-corrected chi connectivity index (χ1v) is 8.84. The van der Waals surface area contributed by atoms with E-state index >= 15 is 0 Å². The fourth-order valence-electron chi connectivity index (χ4n) is 2.43. The van der Waals surface area contributed by atoms with Crippen molar-refractivity contribution in [3.05, 3.63) is 53.6 Å². The van der Waals surface area contributed by atoms with Crippen LogP contribution in [-0.4, -0.2) is 30.1 Å². The van der Waals surface area contributed by atoms with E-state index < -0.39 is 11.9 Å². The average molecular weight is 370 g/mol. The van der Waals surface area contributed by atoms with E-state index in [0.29, 0.717) is 10.9 Å². The molecule has 3 rings (SSSR count). The molecule has 2 aromatic carbocycles. The van der Waals surface area contributed by atoms with E-state index in [2.05, 4.69) is 10.3 Å². The van der Waals surface area contributed by atoms with Crippen LogP contribution < -0.4 is 10.1 Å². The zero-order valence-electron chi connectivity index (χ0n) is 14.4. The van der Waals surface area contributed by atoms with Gasteiger partial charge in [0, 0.05) is 0 Å². The van der Waals surface area contributed by atoms with E-state index in [0.717, 1.165) is 21.3 Å². The lowest BCUT2D eigenvalue weighted by molar-refractivity contribution is -0.149. The molecular weight excluding hydrogens is 352 g/mol. The Morgan fingerprint density at radius 2 is 1.88 bits per heavy atom. The number of hydrogen-bond donors (Lipinski definition) is 1. The van der Waals surface area contributed by atoms with Gasteiger partial charge in [-0.15, -0.1) is 0 Å². The largest absolute Gasteiger partial charge is 0.482 e. The molecule has 3 aromatic rings. The van der Waals surface area contributed by atoms with Crippen LogP contribution in [-0.2, 0) is 14.3 Å². The number of nitrogens with one attached hydrogen (secondary N) is 1. The van der Waals surface area contributed by atoms with Crippen molar-refractivity contribution in [1.29, 1.82) is 0 Å². The smallest absolute Gasteiger partial charge is 0.344 e. The minimum atomic E-state index is -0.611. The van der Waals surface area contributed by atoms with Crippen molar-refractivity contribution in [1.82, 2.24) is 4.98 Å². The molecule has 0 aliphatic rings. The van der Waals surface area contributed by atoms with Crippen LogP contribution in [0.15, 0.2) is 42.5 Å². The maximum absolute atomic E-state index is 12.0. The summed E-state index contributed by atoms with van der Waals surface area (Å²) >= 11 is 1.39. The fraction of sp³-hybridized carbons (Fsp3) is 0.211. The highest BCUT2D eigenvalue weighted by molar-refractivity contribution is 7.22. The first-order chi connectivity index (χ1) is 12.5. The summed E-state index contributed by atoms with van der Waals surface area (Å²) < 4.78 is 11.2. The topological polar surface area (TPSA) is 77.5 Å². The molecule has 0 bridgehead atoms. The molecule has 6 nitrogen and oxygen atoms in total. The Morgan fingerprint density at radius 3 is 2.65 bits per heavy atom. The molecule has 0 aliphatic heterocycles. The molecule has 1 aromatic heterocycles. The number of para-hydroxylation sites is 1. The second kappa shape index (κ2) is 7.97. The predicted octanol–water partition coefficient (Wildman–Crippen LogP) is 3.47. The van der Waals surface area contributed by atoms with Crippen molar-refractivity contribution in [2.75, 3.05) is 18.5 Å². The summed E-state index contributed by atoms with van der Waals surface area (Å²) in [6.07, 6.45) is 0. The van der Waals surface area contributed by atoms with Gasteiger partial charge in [0.25, 0.3) is 5.91 Å². The minimum Gasteiger partial charge on any atom is -0.482 e. The summed E-state index contributed by atoms with van der Waals surface area (Å²) in [5, 5.41) is 3.14. The fourth-order valence-corrected chi connectivity index (χ4v) is 3.48. The molecule has 0 unspecified atom stereocenters. The standard InChI is InChI=1S/C19H18N2O4S/c1-12-8-13(2)18-15(9-12)26-19(21-18)20-16(22)10-25-17(23)11-24-14-6-4-3-5-7-14/h3-9H,10-11H2,1-2H3,(H,20,21,22). The number of aryl methyl sites for hydroxylation is 2. The van der Waals surface area contributed by atoms with Crippen molar-refractivity contribution in [3.63, 3.8) is 0 Å². The summed E-state index contributed by atoms with van der Waals surface area (Å²) in [7, 11) is 0. The second-order valence-electron chi connectivity index (χ2n) is 5.76. The van der Waals surface area contributed by atoms with Crippen LogP contribution in [0.1, 0.15) is 11.1 Å². The van der Waals surface area contributed by atoms with Gasteiger partial charge in [-0.2, -0.15) is 0 Å². The van der Waals surface area contributed by atoms with Gasteiger partial charge in [0.2, 0.25) is 0 Å². The molecule has 0 radical (unpaired) electrons. The Kier molecular flexibility index (Phi) is 5.48. The highest BCUT2D eigenvalue weighted by atomic mass is 32.1. The van der Waals surface area contributed by atoms with Gasteiger partial charge in [-0.05, 0) is 43.2 Å². The Bertz CT molecular complexity index is 937. The SMILES string of the molecule is Cc1cc(C)c2nc(NC(=O)COC(=O)COc3ccccc3)sc2c1. The number of esters is 1. The van der Waals surface area contributed by atoms with Crippen LogP contribution in [0.3, 0.4) is 0 Å². The van der Waals surface area contributed by atoms with Crippen LogP contribution >= 0.6 is 11.3 Å². The molecule has 0 saturated heterocycles. The van der Waals surface area contributed by atoms with E-state index in [1.165, 1.54) is 11.3 Å². The van der Waals surface area contributed by atoms with Crippen LogP contribution in [0.2, 0.25) is 0 Å². The molecule has 26 heavy (non-hydrogen) atoms. The lowest BCUT2D eigenvalue weighted by Crippen LogP contribution is -2.23. The Hall–Kier alpha value is -2.93. The normalized spacial score (nSPS) is 10.5. The Labute approximate surface area is 154 Å². The van der Waals surface area contributed by atoms with Crippen molar-refractivity contribution >= 4 is 38.6 Å². The molecule has 7 heteroatoms. The summed E-state index contributed by atoms with van der Waals surface area (Å²) in [6, 6.07) is 13.0. The van der Waals surface area contributed by atoms with E-state index in [-0.39, 0.29) is 13.2 Å². The van der Waals surface area contributed by atoms with Gasteiger partial charge in [0.1, 0.15) is 5.75 Å². The van der Waals surface area contributed by atoms with E-state index in [9.17, 15) is 9.59 Å². The third-order valence-electron chi connectivity index (χ3n) is 3.54. The number of carbonyl (C=O) groups is 2. The molecule has 0 atom stereocenters. The maximum atomic E-state index is 12.0. The van der Waals surface area contributed by atoms with E-state index in [1.54, 1.807) is 24.3 Å². The number of amides is 1. The number of hydrogen-bond acceptors (Lipinski definition) is 6. The van der Waals surface area contributed by atoms with Crippen LogP contribution in [0.5, 0.6) is 5.75 Å². The quantitative estimate of drug-likeness (QED) is 0.672. The summed E-state index contributed by atoms with van der Waals surface area (Å²) in [5.41, 5.74) is 3.06. The molecule has 134 valence electrons. The van der Waals surface area contributed by atoms with Crippen LogP contribution in [0, 0.1) is 13.8 Å². The summed E-state index contributed by atoms with van der Waals surface area (Å²) in [4.78, 5) is 28.0. The maximum Gasteiger partial charge on any atom is 0.344 e. The highest BCUT2D eigenvalue weighted by Gasteiger charge is 2.12. The van der Waals surface area contributed by atoms with E-state index in [1.807, 2.05) is 32.0 Å². The Balaban J connectivity index is 1.49. The number of aromatic nitrogens is 1. The number of ether oxygens (including phenoxy) is 2. The van der Waals surface area contributed by atoms with Crippen LogP contribution in [0.4, 0.5) is 5.13 Å². The second-order valence-corrected chi connectivity index (χ2v) is 6.79. The van der Waals surface area contributed by atoms with Gasteiger partial charge in [0.05, 0.1) is 10.2 Å². The molecule has 0 saturated carbocycles. The number of nitrogens with zero attached hydrogens (tertiary/aromatic N) is 1. The molecule has 0 aliphatic carbocycles. The highest BCUT2D eigenvalue weighted by Crippen LogP contribution is 2.29. The number of thiazole rings is 1. The van der Waals surface area contributed by atoms with Crippen molar-refractivity contribution in [3.8, 4) is 5.75 Å². The average Bonchev–Trinajstić information content (AvgIpc) is 3.01. The van der Waals surface area contributed by atoms with Gasteiger partial charge < -0.3 is 9.47 Å². The predicted molar refractivity (Wildman–Crippen MR) is 101 cm³/mol. The third-order valence-corrected chi connectivity index (χ3v) is 4.46. The Morgan fingerprint density at radius 1 is 1.12 bits per heavy atom. The monoisotopic (exact) mass is 370 g/mol. The van der Waals surface area contributed by atoms with Crippen LogP contribution in [0.25, 0.3) is 10.2 Å².